The van der Waals surface area contributed by atoms with E-state index in [2.05, 4.69) is 51.1 Å². The van der Waals surface area contributed by atoms with Crippen molar-refractivity contribution < 1.29 is 0 Å². The Morgan fingerprint density at radius 3 is 2.38 bits per heavy atom. The molecule has 1 aromatic carbocycles. The van der Waals surface area contributed by atoms with E-state index in [-0.39, 0.29) is 11.6 Å². The van der Waals surface area contributed by atoms with Gasteiger partial charge in [0.15, 0.2) is 0 Å². The molecule has 0 spiro atoms. The Balaban J connectivity index is 2.34. The van der Waals surface area contributed by atoms with Crippen LogP contribution in [-0.4, -0.2) is 5.71 Å². The molecule has 1 N–H and O–H groups in total. The molecule has 24 heavy (non-hydrogen) atoms. The molecule has 0 radical (unpaired) electrons. The van der Waals surface area contributed by atoms with Crippen molar-refractivity contribution in [1.82, 2.24) is 0 Å². The molecule has 0 heterocycles. The monoisotopic (exact) mass is 315 g/mol. The number of benzene rings is 1. The number of nitriles is 2. The zero-order valence-corrected chi connectivity index (χ0v) is 14.4. The van der Waals surface area contributed by atoms with Crippen LogP contribution >= 0.6 is 0 Å². The Kier molecular flexibility index (Phi) is 4.12. The van der Waals surface area contributed by atoms with E-state index in [1.165, 1.54) is 5.56 Å². The van der Waals surface area contributed by atoms with Gasteiger partial charge in [-0.1, -0.05) is 23.8 Å². The summed E-state index contributed by atoms with van der Waals surface area (Å²) in [5, 5.41) is 27.8. The molecule has 120 valence electrons. The highest BCUT2D eigenvalue weighted by atomic mass is 14.5. The lowest BCUT2D eigenvalue weighted by molar-refractivity contribution is 0.579. The van der Waals surface area contributed by atoms with Crippen LogP contribution in [0.25, 0.3) is 5.57 Å². The molecule has 0 saturated heterocycles. The zero-order chi connectivity index (χ0) is 17.4. The summed E-state index contributed by atoms with van der Waals surface area (Å²) >= 11 is 0. The van der Waals surface area contributed by atoms with E-state index >= 15 is 0 Å². The lowest BCUT2D eigenvalue weighted by Crippen LogP contribution is -2.31. The van der Waals surface area contributed by atoms with Crippen LogP contribution in [0.1, 0.15) is 41.5 Å². The summed E-state index contributed by atoms with van der Waals surface area (Å²) in [6, 6.07) is 8.77. The Bertz CT molecular complexity index is 848. The number of aryl methyl sites for hydroxylation is 3. The second-order valence-corrected chi connectivity index (χ2v) is 6.84. The zero-order valence-electron chi connectivity index (χ0n) is 14.4. The van der Waals surface area contributed by atoms with Crippen molar-refractivity contribution in [1.29, 1.82) is 15.9 Å². The van der Waals surface area contributed by atoms with E-state index in [0.717, 1.165) is 47.1 Å². The molecule has 3 nitrogen and oxygen atoms in total. The molecule has 2 atom stereocenters. The minimum Gasteiger partial charge on any atom is -0.302 e. The van der Waals surface area contributed by atoms with Gasteiger partial charge in [-0.05, 0) is 67.9 Å². The fourth-order valence-electron chi connectivity index (χ4n) is 4.32. The molecule has 0 bridgehead atoms. The van der Waals surface area contributed by atoms with Crippen LogP contribution in [0, 0.1) is 60.7 Å². The number of nitrogens with one attached hydrogen (secondary N) is 1. The minimum atomic E-state index is -0.570. The highest BCUT2D eigenvalue weighted by molar-refractivity contribution is 6.14. The average Bonchev–Trinajstić information content (AvgIpc) is 2.54. The van der Waals surface area contributed by atoms with Crippen molar-refractivity contribution in [2.75, 3.05) is 0 Å². The Hall–Kier alpha value is -2.65. The summed E-state index contributed by atoms with van der Waals surface area (Å²) in [5.41, 5.74) is 7.15. The van der Waals surface area contributed by atoms with Gasteiger partial charge < -0.3 is 5.41 Å². The highest BCUT2D eigenvalue weighted by Gasteiger charge is 2.39. The van der Waals surface area contributed by atoms with Crippen LogP contribution < -0.4 is 0 Å². The smallest absolute Gasteiger partial charge is 0.111 e. The van der Waals surface area contributed by atoms with E-state index in [1.807, 2.05) is 0 Å². The van der Waals surface area contributed by atoms with Gasteiger partial charge in [0.25, 0.3) is 0 Å². The third kappa shape index (κ3) is 2.38. The minimum absolute atomic E-state index is 0.0901. The molecule has 0 aromatic heterocycles. The SMILES string of the molecule is Cc1cc(C)c(C2=C(C#N)C(=N)C(C#N)C3=CCCC[C@H]32)c(C)c1. The van der Waals surface area contributed by atoms with Crippen LogP contribution in [0.2, 0.25) is 0 Å². The van der Waals surface area contributed by atoms with E-state index in [4.69, 9.17) is 5.41 Å². The first-order valence-corrected chi connectivity index (χ1v) is 8.40. The van der Waals surface area contributed by atoms with Gasteiger partial charge in [0, 0.05) is 5.92 Å². The molecular weight excluding hydrogens is 294 g/mol. The van der Waals surface area contributed by atoms with Gasteiger partial charge in [-0.3, -0.25) is 0 Å². The van der Waals surface area contributed by atoms with E-state index in [1.54, 1.807) is 0 Å². The van der Waals surface area contributed by atoms with Crippen molar-refractivity contribution >= 4 is 11.3 Å². The fraction of sp³-hybridized carbons (Fsp3) is 0.381. The van der Waals surface area contributed by atoms with Crippen molar-refractivity contribution in [2.45, 2.75) is 40.0 Å². The molecule has 0 aliphatic heterocycles. The Morgan fingerprint density at radius 1 is 1.12 bits per heavy atom. The number of hydrogen-bond donors (Lipinski definition) is 1. The van der Waals surface area contributed by atoms with Gasteiger partial charge in [0.2, 0.25) is 0 Å². The standard InChI is InChI=1S/C21H21N3/c1-12-8-13(2)19(14(3)9-12)20-16-7-5-4-6-15(16)17(10-22)21(24)18(20)11-23/h6,8-9,16-17,24H,4-5,7H2,1-3H3/t16-,17?/m1/s1. The number of nitrogens with zero attached hydrogens (tertiary/aromatic N) is 2. The van der Waals surface area contributed by atoms with Crippen LogP contribution in [0.15, 0.2) is 29.4 Å². The third-order valence-corrected chi connectivity index (χ3v) is 5.18. The summed E-state index contributed by atoms with van der Waals surface area (Å²) in [6.45, 7) is 6.22. The largest absolute Gasteiger partial charge is 0.302 e. The average molecular weight is 315 g/mol. The number of hydrogen-bond acceptors (Lipinski definition) is 3. The van der Waals surface area contributed by atoms with Crippen molar-refractivity contribution in [3.05, 3.63) is 51.6 Å². The molecule has 3 heteroatoms. The van der Waals surface area contributed by atoms with Gasteiger partial charge in [-0.25, -0.2) is 0 Å². The number of fused-ring (bicyclic) bond motifs is 1. The van der Waals surface area contributed by atoms with Gasteiger partial charge >= 0.3 is 0 Å². The third-order valence-electron chi connectivity index (χ3n) is 5.18. The molecule has 1 aromatic rings. The second-order valence-electron chi connectivity index (χ2n) is 6.84. The van der Waals surface area contributed by atoms with Crippen molar-refractivity contribution in [3.8, 4) is 12.1 Å². The lowest BCUT2D eigenvalue weighted by atomic mass is 9.66. The van der Waals surface area contributed by atoms with Crippen LogP contribution in [0.5, 0.6) is 0 Å². The van der Waals surface area contributed by atoms with Crippen LogP contribution in [0.4, 0.5) is 0 Å². The maximum absolute atomic E-state index is 9.76. The molecule has 0 saturated carbocycles. The molecule has 1 unspecified atom stereocenters. The Labute approximate surface area is 143 Å². The predicted octanol–water partition coefficient (Wildman–Crippen LogP) is 4.79. The maximum atomic E-state index is 9.76. The first-order valence-electron chi connectivity index (χ1n) is 8.40. The second kappa shape index (κ2) is 6.10. The number of allylic oxidation sites excluding steroid dienone is 4. The van der Waals surface area contributed by atoms with Gasteiger partial charge in [0.1, 0.15) is 12.0 Å². The topological polar surface area (TPSA) is 71.4 Å². The molecular formula is C21H21N3. The van der Waals surface area contributed by atoms with Crippen molar-refractivity contribution in [2.24, 2.45) is 11.8 Å². The van der Waals surface area contributed by atoms with Gasteiger partial charge in [0.05, 0.1) is 17.4 Å². The molecule has 0 fully saturated rings. The van der Waals surface area contributed by atoms with E-state index < -0.39 is 5.92 Å². The molecule has 0 amide bonds. The van der Waals surface area contributed by atoms with E-state index in [0.29, 0.717) is 5.57 Å². The normalized spacial score (nSPS) is 23.2. The summed E-state index contributed by atoms with van der Waals surface area (Å²) < 4.78 is 0. The van der Waals surface area contributed by atoms with Gasteiger partial charge in [-0.15, -0.1) is 0 Å². The van der Waals surface area contributed by atoms with Crippen LogP contribution in [0.3, 0.4) is 0 Å². The lowest BCUT2D eigenvalue weighted by Gasteiger charge is -2.36. The number of rotatable bonds is 1. The highest BCUT2D eigenvalue weighted by Crippen LogP contribution is 2.47. The first kappa shape index (κ1) is 16.2. The molecule has 2 aliphatic carbocycles. The van der Waals surface area contributed by atoms with Crippen LogP contribution in [-0.2, 0) is 0 Å². The summed E-state index contributed by atoms with van der Waals surface area (Å²) in [7, 11) is 0. The molecule has 3 rings (SSSR count). The van der Waals surface area contributed by atoms with Gasteiger partial charge in [-0.2, -0.15) is 10.5 Å². The predicted molar refractivity (Wildman–Crippen MR) is 95.4 cm³/mol. The quantitative estimate of drug-likeness (QED) is 0.757. The Morgan fingerprint density at radius 2 is 1.79 bits per heavy atom. The first-order chi connectivity index (χ1) is 11.5. The summed E-state index contributed by atoms with van der Waals surface area (Å²) in [4.78, 5) is 0. The summed E-state index contributed by atoms with van der Waals surface area (Å²) in [5.74, 6) is -0.480. The van der Waals surface area contributed by atoms with Crippen molar-refractivity contribution in [3.63, 3.8) is 0 Å². The fourth-order valence-corrected chi connectivity index (χ4v) is 4.32. The molecule has 2 aliphatic rings. The summed E-state index contributed by atoms with van der Waals surface area (Å²) in [6.07, 6.45) is 5.10. The van der Waals surface area contributed by atoms with E-state index in [9.17, 15) is 10.5 Å². The maximum Gasteiger partial charge on any atom is 0.111 e.